The highest BCUT2D eigenvalue weighted by Gasteiger charge is 2.24. The summed E-state index contributed by atoms with van der Waals surface area (Å²) in [6.45, 7) is 0.969. The van der Waals surface area contributed by atoms with Crippen LogP contribution in [0, 0.1) is 5.82 Å². The van der Waals surface area contributed by atoms with Gasteiger partial charge in [-0.15, -0.1) is 0 Å². The number of halogens is 1. The van der Waals surface area contributed by atoms with Gasteiger partial charge in [0.05, 0.1) is 25.0 Å². The molecule has 98 valence electrons. The Morgan fingerprint density at radius 1 is 1.61 bits per heavy atom. The first-order valence-electron chi connectivity index (χ1n) is 5.68. The molecule has 1 aromatic rings. The van der Waals surface area contributed by atoms with Gasteiger partial charge in [0.2, 0.25) is 0 Å². The summed E-state index contributed by atoms with van der Waals surface area (Å²) in [5.41, 5.74) is 5.62. The second-order valence-electron chi connectivity index (χ2n) is 4.16. The summed E-state index contributed by atoms with van der Waals surface area (Å²) in [7, 11) is 0. The van der Waals surface area contributed by atoms with Crippen LogP contribution in [0.2, 0.25) is 0 Å². The lowest BCUT2D eigenvalue weighted by atomic mass is 10.1. The van der Waals surface area contributed by atoms with Crippen LogP contribution in [0.4, 0.5) is 10.1 Å². The second-order valence-corrected chi connectivity index (χ2v) is 4.16. The van der Waals surface area contributed by atoms with Gasteiger partial charge in [-0.1, -0.05) is 0 Å². The van der Waals surface area contributed by atoms with E-state index in [2.05, 4.69) is 0 Å². The third-order valence-corrected chi connectivity index (χ3v) is 2.88. The van der Waals surface area contributed by atoms with Crippen LogP contribution in [0.5, 0.6) is 0 Å². The third kappa shape index (κ3) is 2.60. The highest BCUT2D eigenvalue weighted by molar-refractivity contribution is 5.94. The van der Waals surface area contributed by atoms with E-state index < -0.39 is 5.82 Å². The molecule has 1 atom stereocenters. The van der Waals surface area contributed by atoms with Crippen molar-refractivity contribution in [3.05, 3.63) is 29.6 Å². The number of carbonyl (C=O) groups is 1. The summed E-state index contributed by atoms with van der Waals surface area (Å²) in [5.74, 6) is -0.886. The van der Waals surface area contributed by atoms with Crippen molar-refractivity contribution in [3.8, 4) is 0 Å². The Kier molecular flexibility index (Phi) is 3.78. The lowest BCUT2D eigenvalue weighted by Crippen LogP contribution is -2.46. The number of anilines is 1. The minimum atomic E-state index is -0.604. The Balaban J connectivity index is 2.12. The Morgan fingerprint density at radius 2 is 2.39 bits per heavy atom. The molecule has 1 unspecified atom stereocenters. The van der Waals surface area contributed by atoms with Gasteiger partial charge < -0.3 is 20.5 Å². The lowest BCUT2D eigenvalue weighted by molar-refractivity contribution is -0.0447. The molecule has 2 rings (SSSR count). The molecule has 1 aliphatic heterocycles. The van der Waals surface area contributed by atoms with Crippen LogP contribution in [0.1, 0.15) is 10.4 Å². The van der Waals surface area contributed by atoms with E-state index >= 15 is 0 Å². The number of aliphatic hydroxyl groups excluding tert-OH is 1. The first-order chi connectivity index (χ1) is 8.61. The zero-order valence-electron chi connectivity index (χ0n) is 9.80. The summed E-state index contributed by atoms with van der Waals surface area (Å²) in [6, 6.07) is 3.98. The molecular formula is C12H15FN2O3. The van der Waals surface area contributed by atoms with Crippen molar-refractivity contribution in [1.82, 2.24) is 4.90 Å². The van der Waals surface area contributed by atoms with Gasteiger partial charge in [0, 0.05) is 18.7 Å². The van der Waals surface area contributed by atoms with Gasteiger partial charge in [-0.25, -0.2) is 4.39 Å². The molecule has 1 heterocycles. The summed E-state index contributed by atoms with van der Waals surface area (Å²) < 4.78 is 18.5. The highest BCUT2D eigenvalue weighted by Crippen LogP contribution is 2.15. The zero-order valence-corrected chi connectivity index (χ0v) is 9.80. The molecule has 0 radical (unpaired) electrons. The van der Waals surface area contributed by atoms with E-state index in [0.29, 0.717) is 19.7 Å². The molecular weight excluding hydrogens is 239 g/mol. The number of ether oxygens (including phenoxy) is 1. The molecule has 1 aliphatic rings. The maximum absolute atomic E-state index is 13.3. The predicted molar refractivity (Wildman–Crippen MR) is 63.5 cm³/mol. The van der Waals surface area contributed by atoms with E-state index in [-0.39, 0.29) is 29.9 Å². The minimum absolute atomic E-state index is 0.0155. The standard InChI is InChI=1S/C12H15FN2O3/c13-10-5-8(1-2-11(10)14)12(17)15-3-4-18-9(6-15)7-16/h1-2,5,9,16H,3-4,6-7,14H2. The smallest absolute Gasteiger partial charge is 0.254 e. The Bertz CT molecular complexity index is 453. The number of nitrogens with zero attached hydrogens (tertiary/aromatic N) is 1. The maximum Gasteiger partial charge on any atom is 0.254 e. The number of benzene rings is 1. The van der Waals surface area contributed by atoms with Crippen molar-refractivity contribution in [3.63, 3.8) is 0 Å². The van der Waals surface area contributed by atoms with Gasteiger partial charge in [0.25, 0.3) is 5.91 Å². The first kappa shape index (κ1) is 12.8. The largest absolute Gasteiger partial charge is 0.396 e. The summed E-state index contributed by atoms with van der Waals surface area (Å²) >= 11 is 0. The fraction of sp³-hybridized carbons (Fsp3) is 0.417. The molecule has 0 spiro atoms. The van der Waals surface area contributed by atoms with E-state index in [1.165, 1.54) is 17.0 Å². The molecule has 0 saturated carbocycles. The number of morpholine rings is 1. The molecule has 1 aromatic carbocycles. The van der Waals surface area contributed by atoms with Crippen LogP contribution < -0.4 is 5.73 Å². The number of nitrogens with two attached hydrogens (primary N) is 1. The molecule has 3 N–H and O–H groups in total. The SMILES string of the molecule is Nc1ccc(C(=O)N2CCOC(CO)C2)cc1F. The summed E-state index contributed by atoms with van der Waals surface area (Å²) in [6.07, 6.45) is -0.374. The van der Waals surface area contributed by atoms with Gasteiger partial charge in [0.15, 0.2) is 0 Å². The van der Waals surface area contributed by atoms with Crippen LogP contribution in [-0.2, 0) is 4.74 Å². The Morgan fingerprint density at radius 3 is 3.06 bits per heavy atom. The lowest BCUT2D eigenvalue weighted by Gasteiger charge is -2.32. The number of hydrogen-bond acceptors (Lipinski definition) is 4. The van der Waals surface area contributed by atoms with Gasteiger partial charge in [0.1, 0.15) is 5.82 Å². The molecule has 1 amide bonds. The van der Waals surface area contributed by atoms with Gasteiger partial charge >= 0.3 is 0 Å². The van der Waals surface area contributed by atoms with E-state index in [0.717, 1.165) is 6.07 Å². The monoisotopic (exact) mass is 254 g/mol. The van der Waals surface area contributed by atoms with E-state index in [9.17, 15) is 9.18 Å². The van der Waals surface area contributed by atoms with Crippen molar-refractivity contribution in [1.29, 1.82) is 0 Å². The zero-order chi connectivity index (χ0) is 13.1. The molecule has 1 saturated heterocycles. The Hall–Kier alpha value is -1.66. The van der Waals surface area contributed by atoms with Gasteiger partial charge in [-0.3, -0.25) is 4.79 Å². The van der Waals surface area contributed by atoms with E-state index in [1.807, 2.05) is 0 Å². The normalized spacial score (nSPS) is 19.9. The molecule has 0 aliphatic carbocycles. The average Bonchev–Trinajstić information content (AvgIpc) is 2.41. The number of amides is 1. The first-order valence-corrected chi connectivity index (χ1v) is 5.68. The van der Waals surface area contributed by atoms with Crippen LogP contribution in [0.15, 0.2) is 18.2 Å². The average molecular weight is 254 g/mol. The van der Waals surface area contributed by atoms with Crippen molar-refractivity contribution in [2.75, 3.05) is 32.0 Å². The molecule has 1 fully saturated rings. The molecule has 0 bridgehead atoms. The van der Waals surface area contributed by atoms with Crippen molar-refractivity contribution >= 4 is 11.6 Å². The number of carbonyl (C=O) groups excluding carboxylic acids is 1. The quantitative estimate of drug-likeness (QED) is 0.741. The number of rotatable bonds is 2. The van der Waals surface area contributed by atoms with Crippen LogP contribution in [0.3, 0.4) is 0 Å². The third-order valence-electron chi connectivity index (χ3n) is 2.88. The van der Waals surface area contributed by atoms with Crippen molar-refractivity contribution in [2.24, 2.45) is 0 Å². The number of nitrogen functional groups attached to an aromatic ring is 1. The predicted octanol–water partition coefficient (Wildman–Crippen LogP) is 0.241. The van der Waals surface area contributed by atoms with Crippen LogP contribution in [-0.4, -0.2) is 48.3 Å². The minimum Gasteiger partial charge on any atom is -0.396 e. The van der Waals surface area contributed by atoms with Crippen LogP contribution in [0.25, 0.3) is 0 Å². The molecule has 0 aromatic heterocycles. The van der Waals surface area contributed by atoms with Crippen molar-refractivity contribution < 1.29 is 19.0 Å². The number of aliphatic hydroxyl groups is 1. The topological polar surface area (TPSA) is 75.8 Å². The molecule has 5 nitrogen and oxygen atoms in total. The second kappa shape index (κ2) is 5.32. The Labute approximate surface area is 104 Å². The van der Waals surface area contributed by atoms with Crippen LogP contribution >= 0.6 is 0 Å². The maximum atomic E-state index is 13.3. The highest BCUT2D eigenvalue weighted by atomic mass is 19.1. The molecule has 6 heteroatoms. The van der Waals surface area contributed by atoms with Crippen molar-refractivity contribution in [2.45, 2.75) is 6.10 Å². The summed E-state index contributed by atoms with van der Waals surface area (Å²) in [5, 5.41) is 9.00. The van der Waals surface area contributed by atoms with E-state index in [4.69, 9.17) is 15.6 Å². The molecule has 18 heavy (non-hydrogen) atoms. The summed E-state index contributed by atoms with van der Waals surface area (Å²) in [4.78, 5) is 13.6. The fourth-order valence-electron chi connectivity index (χ4n) is 1.86. The van der Waals surface area contributed by atoms with E-state index in [1.54, 1.807) is 0 Å². The van der Waals surface area contributed by atoms with Gasteiger partial charge in [-0.2, -0.15) is 0 Å². The fourth-order valence-corrected chi connectivity index (χ4v) is 1.86. The van der Waals surface area contributed by atoms with Gasteiger partial charge in [-0.05, 0) is 18.2 Å². The number of hydrogen-bond donors (Lipinski definition) is 2.